The molecule has 0 aliphatic rings. The number of thiophene rings is 1. The van der Waals surface area contributed by atoms with Crippen molar-refractivity contribution in [3.8, 4) is 0 Å². The molecular formula is C12H14N2OS. The van der Waals surface area contributed by atoms with Crippen LogP contribution in [-0.2, 0) is 11.2 Å². The van der Waals surface area contributed by atoms with E-state index in [1.165, 1.54) is 15.6 Å². The van der Waals surface area contributed by atoms with Crippen molar-refractivity contribution in [2.24, 2.45) is 5.84 Å². The van der Waals surface area contributed by atoms with Gasteiger partial charge in [0.2, 0.25) is 5.91 Å². The quantitative estimate of drug-likeness (QED) is 0.484. The van der Waals surface area contributed by atoms with Crippen LogP contribution in [0.5, 0.6) is 0 Å². The van der Waals surface area contributed by atoms with Crippen LogP contribution < -0.4 is 11.3 Å². The van der Waals surface area contributed by atoms with Gasteiger partial charge in [-0.25, -0.2) is 5.84 Å². The van der Waals surface area contributed by atoms with Crippen LogP contribution >= 0.6 is 11.3 Å². The number of nitrogens with two attached hydrogens (primary N) is 1. The van der Waals surface area contributed by atoms with Crippen LogP contribution in [0.3, 0.4) is 0 Å². The Kier molecular flexibility index (Phi) is 3.54. The first-order valence-corrected chi connectivity index (χ1v) is 6.14. The number of nitrogens with one attached hydrogen (secondary N) is 1. The maximum absolute atomic E-state index is 11.0. The Morgan fingerprint density at radius 2 is 2.19 bits per heavy atom. The molecule has 0 fully saturated rings. The van der Waals surface area contributed by atoms with E-state index in [0.717, 1.165) is 12.8 Å². The Bertz CT molecular complexity index is 492. The molecule has 3 N–H and O–H groups in total. The second-order valence-corrected chi connectivity index (χ2v) is 4.59. The average molecular weight is 234 g/mol. The van der Waals surface area contributed by atoms with Gasteiger partial charge in [-0.05, 0) is 35.2 Å². The van der Waals surface area contributed by atoms with Gasteiger partial charge in [0.15, 0.2) is 0 Å². The Hall–Kier alpha value is -1.39. The molecule has 0 bridgehead atoms. The lowest BCUT2D eigenvalue weighted by Gasteiger charge is -1.99. The maximum atomic E-state index is 11.0. The lowest BCUT2D eigenvalue weighted by atomic mass is 10.1. The SMILES string of the molecule is NNC(=O)CCCc1csc2ccccc12. The third kappa shape index (κ3) is 2.40. The molecule has 0 atom stereocenters. The van der Waals surface area contributed by atoms with Gasteiger partial charge >= 0.3 is 0 Å². The maximum Gasteiger partial charge on any atom is 0.233 e. The highest BCUT2D eigenvalue weighted by atomic mass is 32.1. The van der Waals surface area contributed by atoms with E-state index in [4.69, 9.17) is 5.84 Å². The van der Waals surface area contributed by atoms with Gasteiger partial charge in [0.1, 0.15) is 0 Å². The number of carbonyl (C=O) groups is 1. The van der Waals surface area contributed by atoms with Gasteiger partial charge in [0, 0.05) is 11.1 Å². The summed E-state index contributed by atoms with van der Waals surface area (Å²) < 4.78 is 1.31. The number of benzene rings is 1. The first kappa shape index (κ1) is 11.1. The van der Waals surface area contributed by atoms with E-state index in [0.29, 0.717) is 6.42 Å². The number of amides is 1. The Balaban J connectivity index is 2.02. The fourth-order valence-corrected chi connectivity index (χ4v) is 2.74. The van der Waals surface area contributed by atoms with Crippen molar-refractivity contribution >= 4 is 27.3 Å². The fraction of sp³-hybridized carbons (Fsp3) is 0.250. The summed E-state index contributed by atoms with van der Waals surface area (Å²) in [6.45, 7) is 0. The van der Waals surface area contributed by atoms with Crippen LogP contribution in [0.4, 0.5) is 0 Å². The van der Waals surface area contributed by atoms with Crippen molar-refractivity contribution in [3.05, 3.63) is 35.2 Å². The standard InChI is InChI=1S/C12H14N2OS/c13-14-12(15)7-3-4-9-8-16-11-6-2-1-5-10(9)11/h1-2,5-6,8H,3-4,7,13H2,(H,14,15). The molecule has 3 nitrogen and oxygen atoms in total. The molecule has 4 heteroatoms. The van der Waals surface area contributed by atoms with Crippen LogP contribution in [0.2, 0.25) is 0 Å². The van der Waals surface area contributed by atoms with Crippen molar-refractivity contribution in [1.82, 2.24) is 5.43 Å². The molecule has 1 aromatic heterocycles. The summed E-state index contributed by atoms with van der Waals surface area (Å²) in [6.07, 6.45) is 2.25. The van der Waals surface area contributed by atoms with Crippen molar-refractivity contribution in [3.63, 3.8) is 0 Å². The highest BCUT2D eigenvalue weighted by Crippen LogP contribution is 2.26. The summed E-state index contributed by atoms with van der Waals surface area (Å²) in [5.41, 5.74) is 3.47. The van der Waals surface area contributed by atoms with Crippen molar-refractivity contribution < 1.29 is 4.79 Å². The van der Waals surface area contributed by atoms with Gasteiger partial charge in [-0.2, -0.15) is 0 Å². The molecule has 2 aromatic rings. The molecule has 0 unspecified atom stereocenters. The molecule has 0 aliphatic heterocycles. The van der Waals surface area contributed by atoms with Crippen LogP contribution in [-0.4, -0.2) is 5.91 Å². The number of aryl methyl sites for hydroxylation is 1. The van der Waals surface area contributed by atoms with Crippen molar-refractivity contribution in [2.45, 2.75) is 19.3 Å². The lowest BCUT2D eigenvalue weighted by molar-refractivity contribution is -0.121. The van der Waals surface area contributed by atoms with E-state index < -0.39 is 0 Å². The summed E-state index contributed by atoms with van der Waals surface area (Å²) in [4.78, 5) is 11.0. The topological polar surface area (TPSA) is 55.1 Å². The molecule has 0 saturated carbocycles. The smallest absolute Gasteiger partial charge is 0.233 e. The predicted octanol–water partition coefficient (Wildman–Crippen LogP) is 2.21. The number of hydrazine groups is 1. The first-order chi connectivity index (χ1) is 7.81. The summed E-state index contributed by atoms with van der Waals surface area (Å²) in [6, 6.07) is 8.34. The summed E-state index contributed by atoms with van der Waals surface area (Å²) in [5, 5.41) is 3.48. The van der Waals surface area contributed by atoms with E-state index in [1.807, 2.05) is 12.1 Å². The van der Waals surface area contributed by atoms with Gasteiger partial charge < -0.3 is 0 Å². The van der Waals surface area contributed by atoms with Gasteiger partial charge in [-0.15, -0.1) is 11.3 Å². The average Bonchev–Trinajstić information content (AvgIpc) is 2.73. The molecule has 1 amide bonds. The van der Waals surface area contributed by atoms with E-state index in [9.17, 15) is 4.79 Å². The van der Waals surface area contributed by atoms with E-state index in [1.54, 1.807) is 11.3 Å². The number of rotatable bonds is 4. The largest absolute Gasteiger partial charge is 0.294 e. The van der Waals surface area contributed by atoms with Crippen molar-refractivity contribution in [2.75, 3.05) is 0 Å². The van der Waals surface area contributed by atoms with Crippen molar-refractivity contribution in [1.29, 1.82) is 0 Å². The fourth-order valence-electron chi connectivity index (χ4n) is 1.74. The van der Waals surface area contributed by atoms with Crippen LogP contribution in [0.25, 0.3) is 10.1 Å². The highest BCUT2D eigenvalue weighted by Gasteiger charge is 2.04. The zero-order chi connectivity index (χ0) is 11.4. The van der Waals surface area contributed by atoms with Crippen LogP contribution in [0.1, 0.15) is 18.4 Å². The molecule has 0 aliphatic carbocycles. The number of fused-ring (bicyclic) bond motifs is 1. The summed E-state index contributed by atoms with van der Waals surface area (Å²) >= 11 is 1.75. The van der Waals surface area contributed by atoms with Gasteiger partial charge in [-0.1, -0.05) is 18.2 Å². The minimum Gasteiger partial charge on any atom is -0.294 e. The van der Waals surface area contributed by atoms with Gasteiger partial charge in [0.25, 0.3) is 0 Å². The normalized spacial score (nSPS) is 10.6. The minimum absolute atomic E-state index is 0.0977. The van der Waals surface area contributed by atoms with E-state index >= 15 is 0 Å². The molecule has 0 spiro atoms. The van der Waals surface area contributed by atoms with Gasteiger partial charge in [-0.3, -0.25) is 10.2 Å². The second kappa shape index (κ2) is 5.09. The zero-order valence-electron chi connectivity index (χ0n) is 8.90. The van der Waals surface area contributed by atoms with Crippen LogP contribution in [0, 0.1) is 0 Å². The molecule has 0 saturated heterocycles. The molecular weight excluding hydrogens is 220 g/mol. The van der Waals surface area contributed by atoms with E-state index in [-0.39, 0.29) is 5.91 Å². The summed E-state index contributed by atoms with van der Waals surface area (Å²) in [7, 11) is 0. The lowest BCUT2D eigenvalue weighted by Crippen LogP contribution is -2.29. The molecule has 2 rings (SSSR count). The molecule has 84 valence electrons. The number of hydrogen-bond donors (Lipinski definition) is 2. The van der Waals surface area contributed by atoms with Gasteiger partial charge in [0.05, 0.1) is 0 Å². The molecule has 16 heavy (non-hydrogen) atoms. The predicted molar refractivity (Wildman–Crippen MR) is 67.1 cm³/mol. The Morgan fingerprint density at radius 1 is 1.38 bits per heavy atom. The second-order valence-electron chi connectivity index (χ2n) is 3.68. The third-order valence-electron chi connectivity index (χ3n) is 2.57. The molecule has 0 radical (unpaired) electrons. The monoisotopic (exact) mass is 234 g/mol. The molecule has 1 heterocycles. The Labute approximate surface area is 98.2 Å². The highest BCUT2D eigenvalue weighted by molar-refractivity contribution is 7.17. The van der Waals surface area contributed by atoms with Crippen LogP contribution in [0.15, 0.2) is 29.6 Å². The van der Waals surface area contributed by atoms with E-state index in [2.05, 4.69) is 22.9 Å². The summed E-state index contributed by atoms with van der Waals surface area (Å²) in [5.74, 6) is 4.93. The molecule has 1 aromatic carbocycles. The Morgan fingerprint density at radius 3 is 3.00 bits per heavy atom. The number of hydrogen-bond acceptors (Lipinski definition) is 3. The zero-order valence-corrected chi connectivity index (χ0v) is 9.72. The minimum atomic E-state index is -0.0977. The number of carbonyl (C=O) groups excluding carboxylic acids is 1. The third-order valence-corrected chi connectivity index (χ3v) is 3.58. The first-order valence-electron chi connectivity index (χ1n) is 5.26.